The Bertz CT molecular complexity index is 1300. The van der Waals surface area contributed by atoms with Gasteiger partial charge in [-0.1, -0.05) is 22.7 Å². The van der Waals surface area contributed by atoms with Crippen molar-refractivity contribution >= 4 is 45.3 Å². The van der Waals surface area contributed by atoms with Gasteiger partial charge in [0.1, 0.15) is 0 Å². The standard InChI is InChI=1S/C20H10O8S4/c1-7(11-17(29-1)25-3-21-11)15-9(13-19(31-15)27-5-23-13)10-14-20(28-6-24-14)32-16(10)8-2-30-18-12(8)22-4-26-18/h1-2H,3-6H2. The van der Waals surface area contributed by atoms with E-state index in [4.69, 9.17) is 37.9 Å². The van der Waals surface area contributed by atoms with Gasteiger partial charge in [0, 0.05) is 21.9 Å². The zero-order valence-electron chi connectivity index (χ0n) is 15.9. The van der Waals surface area contributed by atoms with Crippen molar-refractivity contribution in [2.45, 2.75) is 0 Å². The maximum atomic E-state index is 5.95. The van der Waals surface area contributed by atoms with Crippen LogP contribution < -0.4 is 37.9 Å². The van der Waals surface area contributed by atoms with Crippen LogP contribution in [0.1, 0.15) is 0 Å². The Morgan fingerprint density at radius 2 is 0.875 bits per heavy atom. The molecule has 0 aliphatic carbocycles. The first-order valence-corrected chi connectivity index (χ1v) is 12.9. The van der Waals surface area contributed by atoms with E-state index in [1.54, 1.807) is 0 Å². The average molecular weight is 507 g/mol. The summed E-state index contributed by atoms with van der Waals surface area (Å²) in [5.41, 5.74) is 3.69. The Balaban J connectivity index is 1.42. The predicted molar refractivity (Wildman–Crippen MR) is 119 cm³/mol. The van der Waals surface area contributed by atoms with E-state index in [1.807, 2.05) is 10.8 Å². The number of fused-ring (bicyclic) bond motifs is 4. The summed E-state index contributed by atoms with van der Waals surface area (Å²) in [5.74, 6) is 2.89. The van der Waals surface area contributed by atoms with E-state index in [-0.39, 0.29) is 27.2 Å². The summed E-state index contributed by atoms with van der Waals surface area (Å²) in [4.78, 5) is 1.94. The Kier molecular flexibility index (Phi) is 3.53. The smallest absolute Gasteiger partial charge is 0.232 e. The molecule has 8 heterocycles. The average Bonchev–Trinajstić information content (AvgIpc) is 3.60. The minimum absolute atomic E-state index is 0.180. The lowest BCUT2D eigenvalue weighted by atomic mass is 10.00. The molecule has 12 heteroatoms. The molecule has 0 bridgehead atoms. The summed E-state index contributed by atoms with van der Waals surface area (Å²) in [6.07, 6.45) is 0. The molecule has 0 saturated carbocycles. The summed E-state index contributed by atoms with van der Waals surface area (Å²) in [5, 5.41) is 7.09. The van der Waals surface area contributed by atoms with E-state index in [1.165, 1.54) is 45.3 Å². The summed E-state index contributed by atoms with van der Waals surface area (Å²) < 4.78 is 46.2. The van der Waals surface area contributed by atoms with Crippen molar-refractivity contribution in [3.05, 3.63) is 10.8 Å². The van der Waals surface area contributed by atoms with Crippen LogP contribution in [0.25, 0.3) is 32.0 Å². The number of hydrogen-bond donors (Lipinski definition) is 0. The molecule has 4 aromatic heterocycles. The van der Waals surface area contributed by atoms with Crippen LogP contribution in [0.3, 0.4) is 0 Å². The van der Waals surface area contributed by atoms with Gasteiger partial charge in [-0.15, -0.1) is 22.7 Å². The largest absolute Gasteiger partial charge is 0.452 e. The van der Waals surface area contributed by atoms with Crippen LogP contribution in [0, 0.1) is 0 Å². The molecule has 32 heavy (non-hydrogen) atoms. The highest BCUT2D eigenvalue weighted by molar-refractivity contribution is 7.20. The van der Waals surface area contributed by atoms with E-state index < -0.39 is 0 Å². The molecule has 0 radical (unpaired) electrons. The first-order chi connectivity index (χ1) is 15.9. The normalized spacial score (nSPS) is 16.4. The van der Waals surface area contributed by atoms with Crippen LogP contribution in [0.4, 0.5) is 0 Å². The molecule has 0 saturated heterocycles. The van der Waals surface area contributed by atoms with Crippen LogP contribution >= 0.6 is 45.3 Å². The van der Waals surface area contributed by atoms with Gasteiger partial charge in [0.25, 0.3) is 0 Å². The Morgan fingerprint density at radius 3 is 1.34 bits per heavy atom. The summed E-state index contributed by atoms with van der Waals surface area (Å²) in [7, 11) is 0. The van der Waals surface area contributed by atoms with Crippen molar-refractivity contribution in [3.63, 3.8) is 0 Å². The molecule has 0 N–H and O–H groups in total. The maximum Gasteiger partial charge on any atom is 0.232 e. The molecule has 4 aliphatic rings. The minimum Gasteiger partial charge on any atom is -0.452 e. The fourth-order valence-corrected chi connectivity index (χ4v) is 8.13. The van der Waals surface area contributed by atoms with Crippen LogP contribution in [0.5, 0.6) is 43.3 Å². The lowest BCUT2D eigenvalue weighted by Crippen LogP contribution is -1.98. The lowest BCUT2D eigenvalue weighted by Gasteiger charge is -2.10. The topological polar surface area (TPSA) is 73.8 Å². The van der Waals surface area contributed by atoms with Crippen molar-refractivity contribution in [3.8, 4) is 75.3 Å². The van der Waals surface area contributed by atoms with Crippen LogP contribution in [0.2, 0.25) is 0 Å². The molecule has 0 aromatic carbocycles. The molecule has 8 rings (SSSR count). The highest BCUT2D eigenvalue weighted by atomic mass is 32.1. The molecular formula is C20H10O8S4. The third kappa shape index (κ3) is 2.24. The van der Waals surface area contributed by atoms with Gasteiger partial charge in [0.05, 0.1) is 20.9 Å². The van der Waals surface area contributed by atoms with Crippen LogP contribution in [-0.4, -0.2) is 27.2 Å². The number of ether oxygens (including phenoxy) is 8. The molecule has 0 amide bonds. The quantitative estimate of drug-likeness (QED) is 0.343. The molecule has 0 atom stereocenters. The van der Waals surface area contributed by atoms with Crippen molar-refractivity contribution in [2.24, 2.45) is 0 Å². The zero-order valence-corrected chi connectivity index (χ0v) is 19.1. The van der Waals surface area contributed by atoms with E-state index in [0.29, 0.717) is 11.5 Å². The van der Waals surface area contributed by atoms with E-state index in [2.05, 4.69) is 0 Å². The SMILES string of the molecule is c1sc2c(c1-c1sc3c(c1-c1c(-c4csc5c4OCO5)sc4c1OCO4)OCO3)OCO2. The molecule has 0 unspecified atom stereocenters. The van der Waals surface area contributed by atoms with E-state index in [9.17, 15) is 0 Å². The van der Waals surface area contributed by atoms with Gasteiger partial charge in [-0.3, -0.25) is 0 Å². The lowest BCUT2D eigenvalue weighted by molar-refractivity contribution is 0.174. The van der Waals surface area contributed by atoms with Crippen LogP contribution in [-0.2, 0) is 0 Å². The van der Waals surface area contributed by atoms with Crippen molar-refractivity contribution in [2.75, 3.05) is 27.2 Å². The number of thiophene rings is 4. The maximum absolute atomic E-state index is 5.95. The Labute approximate surface area is 196 Å². The van der Waals surface area contributed by atoms with Gasteiger partial charge >= 0.3 is 0 Å². The molecule has 0 spiro atoms. The van der Waals surface area contributed by atoms with Gasteiger partial charge in [0.15, 0.2) is 23.0 Å². The Morgan fingerprint density at radius 1 is 0.469 bits per heavy atom. The number of hydrogen-bond acceptors (Lipinski definition) is 12. The fraction of sp³-hybridized carbons (Fsp3) is 0.200. The van der Waals surface area contributed by atoms with Crippen molar-refractivity contribution in [1.29, 1.82) is 0 Å². The first kappa shape index (κ1) is 17.7. The summed E-state index contributed by atoms with van der Waals surface area (Å²) >= 11 is 6.08. The molecular weight excluding hydrogens is 496 g/mol. The highest BCUT2D eigenvalue weighted by Gasteiger charge is 2.39. The van der Waals surface area contributed by atoms with E-state index in [0.717, 1.165) is 63.8 Å². The third-order valence-corrected chi connectivity index (χ3v) is 9.38. The monoisotopic (exact) mass is 506 g/mol. The van der Waals surface area contributed by atoms with Crippen molar-refractivity contribution in [1.82, 2.24) is 0 Å². The van der Waals surface area contributed by atoms with E-state index >= 15 is 0 Å². The first-order valence-electron chi connectivity index (χ1n) is 9.47. The second-order valence-corrected chi connectivity index (χ2v) is 10.7. The van der Waals surface area contributed by atoms with Gasteiger partial charge in [-0.05, 0) is 0 Å². The third-order valence-electron chi connectivity index (χ3n) is 5.41. The van der Waals surface area contributed by atoms with Gasteiger partial charge < -0.3 is 37.9 Å². The molecule has 8 nitrogen and oxygen atoms in total. The van der Waals surface area contributed by atoms with Gasteiger partial charge in [-0.25, -0.2) is 0 Å². The molecule has 162 valence electrons. The van der Waals surface area contributed by atoms with Gasteiger partial charge in [0.2, 0.25) is 47.4 Å². The fourth-order valence-electron chi connectivity index (χ4n) is 4.09. The zero-order chi connectivity index (χ0) is 20.8. The molecule has 4 aromatic rings. The summed E-state index contributed by atoms with van der Waals surface area (Å²) in [6, 6.07) is 0. The predicted octanol–water partition coefficient (Wildman–Crippen LogP) is 5.85. The minimum atomic E-state index is 0.180. The second-order valence-electron chi connectivity index (χ2n) is 7.00. The molecule has 0 fully saturated rings. The molecule has 4 aliphatic heterocycles. The van der Waals surface area contributed by atoms with Crippen molar-refractivity contribution < 1.29 is 37.9 Å². The summed E-state index contributed by atoms with van der Waals surface area (Å²) in [6.45, 7) is 0.799. The van der Waals surface area contributed by atoms with Crippen LogP contribution in [0.15, 0.2) is 10.8 Å². The van der Waals surface area contributed by atoms with Gasteiger partial charge in [-0.2, -0.15) is 0 Å². The second kappa shape index (κ2) is 6.38. The number of rotatable bonds is 3. The Hall–Kier alpha value is -2.80. The highest BCUT2D eigenvalue weighted by Crippen LogP contribution is 2.65.